The van der Waals surface area contributed by atoms with E-state index in [1.165, 1.54) is 25.7 Å². The fourth-order valence-corrected chi connectivity index (χ4v) is 2.89. The van der Waals surface area contributed by atoms with Crippen molar-refractivity contribution in [2.75, 3.05) is 6.54 Å². The van der Waals surface area contributed by atoms with E-state index in [1.807, 2.05) is 0 Å². The average Bonchev–Trinajstić information content (AvgIpc) is 2.66. The molecule has 2 aliphatic carbocycles. The van der Waals surface area contributed by atoms with Gasteiger partial charge in [0.05, 0.1) is 11.6 Å². The predicted molar refractivity (Wildman–Crippen MR) is 48.5 cm³/mol. The quantitative estimate of drug-likeness (QED) is 0.726. The molecule has 1 N–H and O–H groups in total. The first-order chi connectivity index (χ1) is 6.87. The number of hydrogen-bond acceptors (Lipinski definition) is 4. The Kier molecular flexibility index (Phi) is 1.13. The smallest absolute Gasteiger partial charge is 0.171 e. The summed E-state index contributed by atoms with van der Waals surface area (Å²) < 4.78 is 2.05. The van der Waals surface area contributed by atoms with Gasteiger partial charge in [-0.25, -0.2) is 4.68 Å². The van der Waals surface area contributed by atoms with Crippen molar-refractivity contribution in [3.05, 3.63) is 5.82 Å². The van der Waals surface area contributed by atoms with Crippen LogP contribution in [-0.2, 0) is 5.54 Å². The van der Waals surface area contributed by atoms with E-state index in [2.05, 4.69) is 25.5 Å². The zero-order chi connectivity index (χ0) is 9.17. The molecule has 4 aliphatic rings. The number of nitrogens with one attached hydrogen (secondary N) is 1. The second-order valence-electron chi connectivity index (χ2n) is 4.92. The van der Waals surface area contributed by atoms with Gasteiger partial charge < -0.3 is 5.32 Å². The van der Waals surface area contributed by atoms with Gasteiger partial charge in [-0.2, -0.15) is 0 Å². The van der Waals surface area contributed by atoms with E-state index in [-0.39, 0.29) is 5.54 Å². The summed E-state index contributed by atoms with van der Waals surface area (Å²) in [6.07, 6.45) is 4.97. The molecule has 1 aromatic heterocycles. The maximum absolute atomic E-state index is 4.21. The molecular weight excluding hydrogens is 178 g/mol. The fraction of sp³-hybridized carbons (Fsp3) is 0.889. The van der Waals surface area contributed by atoms with E-state index in [1.54, 1.807) is 0 Å². The maximum Gasteiger partial charge on any atom is 0.171 e. The Balaban J connectivity index is 1.77. The van der Waals surface area contributed by atoms with E-state index < -0.39 is 0 Å². The van der Waals surface area contributed by atoms with E-state index in [0.29, 0.717) is 6.04 Å². The third-order valence-electron chi connectivity index (χ3n) is 3.82. The van der Waals surface area contributed by atoms with Crippen molar-refractivity contribution < 1.29 is 0 Å². The molecular formula is C9H13N5. The van der Waals surface area contributed by atoms with Crippen molar-refractivity contribution in [2.45, 2.75) is 37.3 Å². The summed E-state index contributed by atoms with van der Waals surface area (Å²) >= 11 is 0. The molecule has 0 aromatic carbocycles. The molecule has 0 amide bonds. The summed E-state index contributed by atoms with van der Waals surface area (Å²) in [5, 5.41) is 15.7. The van der Waals surface area contributed by atoms with Crippen LogP contribution in [0.5, 0.6) is 0 Å². The summed E-state index contributed by atoms with van der Waals surface area (Å²) in [6.45, 7) is 1.15. The summed E-state index contributed by atoms with van der Waals surface area (Å²) in [4.78, 5) is 0. The molecule has 1 aromatic rings. The van der Waals surface area contributed by atoms with Gasteiger partial charge in [0.15, 0.2) is 5.82 Å². The van der Waals surface area contributed by atoms with Crippen LogP contribution in [0.1, 0.15) is 37.5 Å². The van der Waals surface area contributed by atoms with Crippen molar-refractivity contribution in [1.29, 1.82) is 0 Å². The van der Waals surface area contributed by atoms with Gasteiger partial charge in [-0.3, -0.25) is 0 Å². The van der Waals surface area contributed by atoms with E-state index in [4.69, 9.17) is 0 Å². The molecule has 5 rings (SSSR count). The highest BCUT2D eigenvalue weighted by Gasteiger charge is 2.55. The number of aromatic nitrogens is 4. The van der Waals surface area contributed by atoms with Crippen LogP contribution in [0, 0.1) is 5.92 Å². The molecule has 0 unspecified atom stereocenters. The highest BCUT2D eigenvalue weighted by Crippen LogP contribution is 2.51. The molecule has 5 nitrogen and oxygen atoms in total. The fourth-order valence-electron chi connectivity index (χ4n) is 2.89. The van der Waals surface area contributed by atoms with Crippen molar-refractivity contribution >= 4 is 0 Å². The van der Waals surface area contributed by atoms with Crippen LogP contribution in [0.4, 0.5) is 0 Å². The van der Waals surface area contributed by atoms with Gasteiger partial charge in [0.1, 0.15) is 0 Å². The number of hydrogen-bond donors (Lipinski definition) is 1. The molecule has 2 aliphatic heterocycles. The van der Waals surface area contributed by atoms with Crippen LogP contribution in [-0.4, -0.2) is 26.8 Å². The molecule has 3 heterocycles. The van der Waals surface area contributed by atoms with Crippen LogP contribution in [0.2, 0.25) is 0 Å². The van der Waals surface area contributed by atoms with E-state index >= 15 is 0 Å². The standard InChI is InChI=1S/C9H13N5/c1-2-7(1)14-8(11-12-13-14)9-3-6(4-9)5-10-9/h6-7,10H,1-5H2. The number of nitrogens with zero attached hydrogens (tertiary/aromatic N) is 4. The van der Waals surface area contributed by atoms with Crippen molar-refractivity contribution in [3.8, 4) is 0 Å². The minimum atomic E-state index is 0.150. The van der Waals surface area contributed by atoms with Gasteiger partial charge in [0.25, 0.3) is 0 Å². The summed E-state index contributed by atoms with van der Waals surface area (Å²) in [5.41, 5.74) is 0.150. The lowest BCUT2D eigenvalue weighted by Crippen LogP contribution is -2.42. The second kappa shape index (κ2) is 2.16. The van der Waals surface area contributed by atoms with E-state index in [9.17, 15) is 0 Å². The zero-order valence-corrected chi connectivity index (χ0v) is 7.98. The Morgan fingerprint density at radius 3 is 2.86 bits per heavy atom. The zero-order valence-electron chi connectivity index (χ0n) is 7.98. The first-order valence-electron chi connectivity index (χ1n) is 5.41. The van der Waals surface area contributed by atoms with Crippen LogP contribution in [0.25, 0.3) is 0 Å². The lowest BCUT2D eigenvalue weighted by Gasteiger charge is -2.35. The van der Waals surface area contributed by atoms with Gasteiger partial charge in [0, 0.05) is 0 Å². The Morgan fingerprint density at radius 2 is 2.21 bits per heavy atom. The Hall–Kier alpha value is -0.970. The first kappa shape index (κ1) is 7.34. The second-order valence-corrected chi connectivity index (χ2v) is 4.92. The molecule has 74 valence electrons. The Labute approximate surface area is 81.9 Å². The lowest BCUT2D eigenvalue weighted by atomic mass is 9.73. The predicted octanol–water partition coefficient (Wildman–Crippen LogP) is 0.216. The average molecular weight is 191 g/mol. The van der Waals surface area contributed by atoms with Crippen LogP contribution >= 0.6 is 0 Å². The van der Waals surface area contributed by atoms with Crippen molar-refractivity contribution in [1.82, 2.24) is 25.5 Å². The summed E-state index contributed by atoms with van der Waals surface area (Å²) in [6, 6.07) is 0.593. The minimum absolute atomic E-state index is 0.150. The third-order valence-corrected chi connectivity index (χ3v) is 3.82. The van der Waals surface area contributed by atoms with Gasteiger partial charge in [0.2, 0.25) is 0 Å². The van der Waals surface area contributed by atoms with Crippen LogP contribution in [0.15, 0.2) is 0 Å². The SMILES string of the molecule is C1NC2(c3nnnn3C3CC3)CC1C2. The number of tetrazole rings is 1. The highest BCUT2D eigenvalue weighted by atomic mass is 15.6. The minimum Gasteiger partial charge on any atom is -0.304 e. The summed E-state index contributed by atoms with van der Waals surface area (Å²) in [5.74, 6) is 1.97. The molecule has 2 saturated carbocycles. The number of rotatable bonds is 2. The van der Waals surface area contributed by atoms with Crippen molar-refractivity contribution in [2.24, 2.45) is 5.92 Å². The molecule has 0 spiro atoms. The third kappa shape index (κ3) is 0.767. The largest absolute Gasteiger partial charge is 0.304 e. The molecule has 2 saturated heterocycles. The van der Waals surface area contributed by atoms with Gasteiger partial charge >= 0.3 is 0 Å². The number of fused-ring (bicyclic) bond motifs is 1. The molecule has 5 heteroatoms. The molecule has 0 atom stereocenters. The van der Waals surface area contributed by atoms with Crippen molar-refractivity contribution in [3.63, 3.8) is 0 Å². The summed E-state index contributed by atoms with van der Waals surface area (Å²) in [7, 11) is 0. The van der Waals surface area contributed by atoms with Crippen LogP contribution < -0.4 is 5.32 Å². The van der Waals surface area contributed by atoms with Gasteiger partial charge in [-0.15, -0.1) is 5.10 Å². The maximum atomic E-state index is 4.21. The monoisotopic (exact) mass is 191 g/mol. The Bertz CT molecular complexity index is 369. The van der Waals surface area contributed by atoms with Gasteiger partial charge in [-0.05, 0) is 48.6 Å². The highest BCUT2D eigenvalue weighted by molar-refractivity contribution is 5.18. The topological polar surface area (TPSA) is 55.6 Å². The Morgan fingerprint density at radius 1 is 1.36 bits per heavy atom. The van der Waals surface area contributed by atoms with Gasteiger partial charge in [-0.1, -0.05) is 0 Å². The molecule has 2 bridgehead atoms. The molecule has 4 fully saturated rings. The lowest BCUT2D eigenvalue weighted by molar-refractivity contribution is 0.205. The van der Waals surface area contributed by atoms with E-state index in [0.717, 1.165) is 18.3 Å². The normalized spacial score (nSPS) is 39.9. The first-order valence-corrected chi connectivity index (χ1v) is 5.41. The van der Waals surface area contributed by atoms with Crippen LogP contribution in [0.3, 0.4) is 0 Å². The molecule has 0 radical (unpaired) electrons. The molecule has 14 heavy (non-hydrogen) atoms.